The average Bonchev–Trinajstić information content (AvgIpc) is 3.21. The number of rotatable bonds is 3. The molecule has 3 aromatic heterocycles. The normalized spacial score (nSPS) is 18.5. The van der Waals surface area contributed by atoms with Gasteiger partial charge in [0.1, 0.15) is 5.01 Å². The van der Waals surface area contributed by atoms with Gasteiger partial charge in [-0.05, 0) is 13.0 Å². The van der Waals surface area contributed by atoms with E-state index in [-0.39, 0.29) is 6.04 Å². The molecule has 0 radical (unpaired) electrons. The van der Waals surface area contributed by atoms with Crippen LogP contribution in [0.4, 0.5) is 0 Å². The molecule has 0 amide bonds. The number of nitrogens with one attached hydrogen (secondary N) is 1. The van der Waals surface area contributed by atoms with Gasteiger partial charge in [0.2, 0.25) is 0 Å². The van der Waals surface area contributed by atoms with Gasteiger partial charge < -0.3 is 4.98 Å². The van der Waals surface area contributed by atoms with E-state index in [1.165, 1.54) is 11.4 Å². The number of hydrogen-bond donors (Lipinski definition) is 1. The molecule has 1 aliphatic heterocycles. The lowest BCUT2D eigenvalue weighted by atomic mass is 10.00. The van der Waals surface area contributed by atoms with E-state index in [0.29, 0.717) is 0 Å². The van der Waals surface area contributed by atoms with Gasteiger partial charge in [0.15, 0.2) is 0 Å². The maximum atomic E-state index is 4.61. The minimum atomic E-state index is 0.131. The molecular weight excluding hydrogens is 296 g/mol. The van der Waals surface area contributed by atoms with Gasteiger partial charge in [-0.3, -0.25) is 9.58 Å². The molecule has 4 heterocycles. The number of H-pyrrole nitrogens is 1. The first-order valence-electron chi connectivity index (χ1n) is 7.37. The fourth-order valence-electron chi connectivity index (χ4n) is 3.12. The van der Waals surface area contributed by atoms with Gasteiger partial charge in [-0.2, -0.15) is 5.10 Å². The monoisotopic (exact) mass is 314 g/mol. The Morgan fingerprint density at radius 1 is 1.45 bits per heavy atom. The van der Waals surface area contributed by atoms with Gasteiger partial charge in [-0.1, -0.05) is 0 Å². The predicted molar refractivity (Wildman–Crippen MR) is 84.6 cm³/mol. The van der Waals surface area contributed by atoms with E-state index in [9.17, 15) is 0 Å². The number of fused-ring (bicyclic) bond motifs is 1. The molecule has 0 aromatic carbocycles. The number of imidazole rings is 1. The Hall–Kier alpha value is -1.99. The Labute approximate surface area is 132 Å². The second-order valence-electron chi connectivity index (χ2n) is 5.65. The molecule has 4 rings (SSSR count). The number of nitrogens with zero attached hydrogens (tertiary/aromatic N) is 5. The van der Waals surface area contributed by atoms with Gasteiger partial charge in [0, 0.05) is 43.0 Å². The lowest BCUT2D eigenvalue weighted by Crippen LogP contribution is -2.36. The van der Waals surface area contributed by atoms with Crippen LogP contribution in [0.25, 0.3) is 0 Å². The molecular formula is C15H18N6S. The first-order chi connectivity index (χ1) is 10.7. The largest absolute Gasteiger partial charge is 0.348 e. The van der Waals surface area contributed by atoms with E-state index >= 15 is 0 Å². The highest BCUT2D eigenvalue weighted by atomic mass is 32.1. The topological polar surface area (TPSA) is 62.6 Å². The molecule has 0 aliphatic carbocycles. The van der Waals surface area contributed by atoms with Crippen LogP contribution in [0.2, 0.25) is 0 Å². The summed E-state index contributed by atoms with van der Waals surface area (Å²) in [5, 5.41) is 7.60. The fourth-order valence-corrected chi connectivity index (χ4v) is 3.92. The molecule has 6 nitrogen and oxygen atoms in total. The third-order valence-corrected chi connectivity index (χ3v) is 5.12. The summed E-state index contributed by atoms with van der Waals surface area (Å²) in [6.45, 7) is 3.88. The smallest absolute Gasteiger partial charge is 0.107 e. The summed E-state index contributed by atoms with van der Waals surface area (Å²) in [4.78, 5) is 14.9. The maximum absolute atomic E-state index is 4.61. The van der Waals surface area contributed by atoms with E-state index in [1.807, 2.05) is 24.9 Å². The first kappa shape index (κ1) is 13.7. The van der Waals surface area contributed by atoms with Crippen molar-refractivity contribution in [2.45, 2.75) is 25.9 Å². The first-order valence-corrected chi connectivity index (χ1v) is 8.25. The highest BCUT2D eigenvalue weighted by Crippen LogP contribution is 2.34. The Bertz CT molecular complexity index is 785. The van der Waals surface area contributed by atoms with Gasteiger partial charge in [-0.25, -0.2) is 9.97 Å². The van der Waals surface area contributed by atoms with Crippen LogP contribution in [-0.2, 0) is 20.0 Å². The molecule has 0 bridgehead atoms. The second-order valence-corrected chi connectivity index (χ2v) is 6.59. The standard InChI is InChI=1S/C15H18N6S/c1-10-8-22-13(19-10)7-21-6-4-11-14(17-9-16-11)15(21)12-3-5-18-20(12)2/h3,5,8-9,15H,4,6-7H2,1-2H3,(H,16,17). The fraction of sp³-hybridized carbons (Fsp3) is 0.400. The molecule has 22 heavy (non-hydrogen) atoms. The molecule has 114 valence electrons. The number of hydrogen-bond acceptors (Lipinski definition) is 5. The molecule has 0 spiro atoms. The molecule has 0 saturated heterocycles. The van der Waals surface area contributed by atoms with Gasteiger partial charge >= 0.3 is 0 Å². The average molecular weight is 314 g/mol. The number of thiazole rings is 1. The Morgan fingerprint density at radius 3 is 3.09 bits per heavy atom. The van der Waals surface area contributed by atoms with Crippen molar-refractivity contribution in [3.8, 4) is 0 Å². The summed E-state index contributed by atoms with van der Waals surface area (Å²) in [5.41, 5.74) is 4.61. The zero-order valence-electron chi connectivity index (χ0n) is 12.7. The van der Waals surface area contributed by atoms with Gasteiger partial charge in [-0.15, -0.1) is 11.3 Å². The van der Waals surface area contributed by atoms with E-state index in [1.54, 1.807) is 17.7 Å². The predicted octanol–water partition coefficient (Wildman–Crippen LogP) is 2.06. The SMILES string of the molecule is Cc1csc(CN2CCc3[nH]cnc3C2c2ccnn2C)n1. The van der Waals surface area contributed by atoms with E-state index < -0.39 is 0 Å². The highest BCUT2D eigenvalue weighted by Gasteiger charge is 2.33. The Kier molecular flexibility index (Phi) is 3.31. The van der Waals surface area contributed by atoms with E-state index in [4.69, 9.17) is 0 Å². The zero-order valence-corrected chi connectivity index (χ0v) is 13.5. The van der Waals surface area contributed by atoms with Crippen LogP contribution in [0, 0.1) is 6.92 Å². The van der Waals surface area contributed by atoms with Crippen molar-refractivity contribution in [1.82, 2.24) is 29.6 Å². The van der Waals surface area contributed by atoms with Crippen LogP contribution in [0.5, 0.6) is 0 Å². The molecule has 1 unspecified atom stereocenters. The molecule has 7 heteroatoms. The molecule has 3 aromatic rings. The summed E-state index contributed by atoms with van der Waals surface area (Å²) in [6.07, 6.45) is 4.64. The zero-order chi connectivity index (χ0) is 15.1. The second kappa shape index (κ2) is 5.33. The van der Waals surface area contributed by atoms with Crippen molar-refractivity contribution < 1.29 is 0 Å². The number of aryl methyl sites for hydroxylation is 2. The van der Waals surface area contributed by atoms with Gasteiger partial charge in [0.05, 0.1) is 30.3 Å². The molecule has 0 fully saturated rings. The Balaban J connectivity index is 1.72. The summed E-state index contributed by atoms with van der Waals surface area (Å²) in [5.74, 6) is 0. The van der Waals surface area contributed by atoms with Crippen LogP contribution in [0.3, 0.4) is 0 Å². The van der Waals surface area contributed by atoms with Crippen molar-refractivity contribution in [2.24, 2.45) is 7.05 Å². The number of aromatic nitrogens is 5. The van der Waals surface area contributed by atoms with E-state index in [0.717, 1.165) is 35.9 Å². The summed E-state index contributed by atoms with van der Waals surface area (Å²) in [6, 6.07) is 2.21. The highest BCUT2D eigenvalue weighted by molar-refractivity contribution is 7.09. The van der Waals surface area contributed by atoms with Crippen LogP contribution >= 0.6 is 11.3 Å². The van der Waals surface area contributed by atoms with E-state index in [2.05, 4.69) is 36.4 Å². The maximum Gasteiger partial charge on any atom is 0.107 e. The van der Waals surface area contributed by atoms with Crippen LogP contribution < -0.4 is 0 Å². The third kappa shape index (κ3) is 2.26. The lowest BCUT2D eigenvalue weighted by molar-refractivity contribution is 0.193. The van der Waals surface area contributed by atoms with Crippen molar-refractivity contribution in [1.29, 1.82) is 0 Å². The van der Waals surface area contributed by atoms with Crippen molar-refractivity contribution in [3.63, 3.8) is 0 Å². The van der Waals surface area contributed by atoms with Crippen LogP contribution in [0.1, 0.15) is 33.8 Å². The van der Waals surface area contributed by atoms with Crippen LogP contribution in [-0.4, -0.2) is 36.2 Å². The molecule has 1 atom stereocenters. The molecule has 1 N–H and O–H groups in total. The molecule has 0 saturated carbocycles. The molecule has 1 aliphatic rings. The van der Waals surface area contributed by atoms with Crippen LogP contribution in [0.15, 0.2) is 24.0 Å². The minimum absolute atomic E-state index is 0.131. The number of aromatic amines is 1. The summed E-state index contributed by atoms with van der Waals surface area (Å²) >= 11 is 1.73. The third-order valence-electron chi connectivity index (χ3n) is 4.17. The van der Waals surface area contributed by atoms with Crippen molar-refractivity contribution >= 4 is 11.3 Å². The summed E-state index contributed by atoms with van der Waals surface area (Å²) in [7, 11) is 1.99. The minimum Gasteiger partial charge on any atom is -0.348 e. The lowest BCUT2D eigenvalue weighted by Gasteiger charge is -2.34. The van der Waals surface area contributed by atoms with Crippen molar-refractivity contribution in [3.05, 3.63) is 51.8 Å². The van der Waals surface area contributed by atoms with Gasteiger partial charge in [0.25, 0.3) is 0 Å². The Morgan fingerprint density at radius 2 is 2.36 bits per heavy atom. The van der Waals surface area contributed by atoms with Crippen molar-refractivity contribution in [2.75, 3.05) is 6.54 Å². The summed E-state index contributed by atoms with van der Waals surface area (Å²) < 4.78 is 1.94. The quantitative estimate of drug-likeness (QED) is 0.804.